The average molecular weight is 780 g/mol. The van der Waals surface area contributed by atoms with Crippen molar-refractivity contribution >= 4 is 44.6 Å². The Morgan fingerprint density at radius 2 is 1.73 bits per heavy atom. The van der Waals surface area contributed by atoms with Gasteiger partial charge in [-0.1, -0.05) is 61.4 Å². The van der Waals surface area contributed by atoms with Crippen LogP contribution >= 0.6 is 0 Å². The van der Waals surface area contributed by atoms with Crippen LogP contribution < -0.4 is 24.8 Å². The van der Waals surface area contributed by atoms with Crippen LogP contribution in [0.2, 0.25) is 0 Å². The van der Waals surface area contributed by atoms with E-state index in [0.717, 1.165) is 43.1 Å². The first-order chi connectivity index (χ1) is 27.0. The van der Waals surface area contributed by atoms with Crippen molar-refractivity contribution in [1.29, 1.82) is 0 Å². The molecule has 4 amide bonds. The first-order valence-electron chi connectivity index (χ1n) is 18.9. The fraction of sp³-hybridized carbons (Fsp3) is 0.357. The average Bonchev–Trinajstić information content (AvgIpc) is 3.72. The molecule has 3 heterocycles. The molecule has 4 atom stereocenters. The highest BCUT2D eigenvalue weighted by Gasteiger charge is 2.61. The fourth-order valence-corrected chi connectivity index (χ4v) is 8.57. The topological polar surface area (TPSA) is 173 Å². The van der Waals surface area contributed by atoms with E-state index in [4.69, 9.17) is 14.5 Å². The highest BCUT2D eigenvalue weighted by Crippen LogP contribution is 2.46. The number of amides is 4. The minimum Gasteiger partial charge on any atom is -0.497 e. The van der Waals surface area contributed by atoms with E-state index in [9.17, 15) is 27.6 Å². The Morgan fingerprint density at radius 1 is 0.946 bits per heavy atom. The molecular weight excluding hydrogens is 735 g/mol. The van der Waals surface area contributed by atoms with Crippen LogP contribution in [0.4, 0.5) is 0 Å². The lowest BCUT2D eigenvalue weighted by molar-refractivity contribution is -0.138. The maximum absolute atomic E-state index is 14.2. The number of fused-ring (bicyclic) bond motifs is 4. The van der Waals surface area contributed by atoms with Crippen LogP contribution in [0.3, 0.4) is 0 Å². The molecule has 2 aliphatic heterocycles. The number of benzene rings is 3. The van der Waals surface area contributed by atoms with Crippen LogP contribution in [0.15, 0.2) is 95.9 Å². The lowest BCUT2D eigenvalue weighted by Gasteiger charge is -2.25. The van der Waals surface area contributed by atoms with Crippen molar-refractivity contribution < 1.29 is 37.1 Å². The second-order valence-electron chi connectivity index (χ2n) is 14.5. The van der Waals surface area contributed by atoms with Crippen LogP contribution in [-0.4, -0.2) is 79.8 Å². The first-order valence-corrected chi connectivity index (χ1v) is 20.4. The maximum Gasteiger partial charge on any atom is 0.264 e. The third-order valence-electron chi connectivity index (χ3n) is 10.7. The number of aromatic nitrogens is 1. The Kier molecular flexibility index (Phi) is 11.1. The number of hydrogen-bond donors (Lipinski definition) is 3. The van der Waals surface area contributed by atoms with Crippen molar-refractivity contribution in [3.63, 3.8) is 0 Å². The Hall–Kier alpha value is -5.76. The molecule has 1 saturated carbocycles. The molecule has 4 aromatic rings. The largest absolute Gasteiger partial charge is 0.497 e. The zero-order valence-electron chi connectivity index (χ0n) is 31.3. The van der Waals surface area contributed by atoms with Crippen molar-refractivity contribution in [2.45, 2.75) is 74.4 Å². The van der Waals surface area contributed by atoms with E-state index < -0.39 is 51.3 Å². The summed E-state index contributed by atoms with van der Waals surface area (Å²) in [6.07, 6.45) is 7.77. The van der Waals surface area contributed by atoms with Crippen molar-refractivity contribution in [1.82, 2.24) is 25.2 Å². The summed E-state index contributed by atoms with van der Waals surface area (Å²) in [6, 6.07) is 21.4. The number of hydrogen-bond acceptors (Lipinski definition) is 9. The number of ether oxygens (including phenoxy) is 2. The lowest BCUT2D eigenvalue weighted by atomic mass is 10.1. The predicted octanol–water partition coefficient (Wildman–Crippen LogP) is 4.91. The SMILES string of the molecule is COc1ccc2c(O[C@@H]3C[C@@H](C(=O)N[C@]45C[C@@H]4/C=C/CCCCCCNC(=O)c4cccc(c4)S(=O)(=O)NC5=O)N(C(C)=O)C3)cc(-c3ccccc3)nc2c1. The molecule has 3 aliphatic rings. The fourth-order valence-electron chi connectivity index (χ4n) is 7.48. The maximum atomic E-state index is 14.2. The number of nitrogens with zero attached hydrogens (tertiary/aromatic N) is 2. The van der Waals surface area contributed by atoms with Crippen molar-refractivity contribution in [2.24, 2.45) is 5.92 Å². The van der Waals surface area contributed by atoms with E-state index in [2.05, 4.69) is 15.4 Å². The zero-order valence-corrected chi connectivity index (χ0v) is 32.1. The summed E-state index contributed by atoms with van der Waals surface area (Å²) >= 11 is 0. The number of rotatable bonds is 6. The summed E-state index contributed by atoms with van der Waals surface area (Å²) < 4.78 is 41.3. The molecule has 1 aromatic heterocycles. The third kappa shape index (κ3) is 8.25. The van der Waals surface area contributed by atoms with Gasteiger partial charge in [-0.2, -0.15) is 0 Å². The van der Waals surface area contributed by atoms with E-state index in [-0.39, 0.29) is 35.8 Å². The van der Waals surface area contributed by atoms with Crippen molar-refractivity contribution in [2.75, 3.05) is 20.2 Å². The number of methoxy groups -OCH3 is 1. The van der Waals surface area contributed by atoms with Gasteiger partial charge in [0.15, 0.2) is 0 Å². The van der Waals surface area contributed by atoms with Gasteiger partial charge in [-0.25, -0.2) is 18.1 Å². The van der Waals surface area contributed by atoms with E-state index in [1.165, 1.54) is 36.1 Å². The van der Waals surface area contributed by atoms with E-state index >= 15 is 0 Å². The summed E-state index contributed by atoms with van der Waals surface area (Å²) in [5, 5.41) is 6.42. The Bertz CT molecular complexity index is 2300. The van der Waals surface area contributed by atoms with Crippen LogP contribution in [0.1, 0.15) is 62.2 Å². The molecule has 7 rings (SSSR count). The summed E-state index contributed by atoms with van der Waals surface area (Å²) in [5.74, 6) is -1.59. The third-order valence-corrected chi connectivity index (χ3v) is 12.0. The van der Waals surface area contributed by atoms with Crippen LogP contribution in [-0.2, 0) is 24.4 Å². The van der Waals surface area contributed by atoms with Crippen molar-refractivity contribution in [3.8, 4) is 22.8 Å². The molecule has 3 aromatic carbocycles. The highest BCUT2D eigenvalue weighted by molar-refractivity contribution is 7.90. The number of carbonyl (C=O) groups is 4. The van der Waals surface area contributed by atoms with E-state index in [0.29, 0.717) is 29.3 Å². The smallest absolute Gasteiger partial charge is 0.264 e. The molecule has 0 spiro atoms. The Labute approximate surface area is 325 Å². The number of likely N-dealkylation sites (tertiary alicyclic amines) is 1. The van der Waals surface area contributed by atoms with Gasteiger partial charge in [0, 0.05) is 54.5 Å². The second kappa shape index (κ2) is 16.1. The predicted molar refractivity (Wildman–Crippen MR) is 209 cm³/mol. The van der Waals surface area contributed by atoms with E-state index in [1.54, 1.807) is 7.11 Å². The summed E-state index contributed by atoms with van der Waals surface area (Å²) in [7, 11) is -2.86. The Morgan fingerprint density at radius 3 is 2.52 bits per heavy atom. The van der Waals surface area contributed by atoms with Crippen LogP contribution in [0.25, 0.3) is 22.2 Å². The molecule has 2 fully saturated rings. The first kappa shape index (κ1) is 38.5. The van der Waals surface area contributed by atoms with E-state index in [1.807, 2.05) is 66.7 Å². The van der Waals surface area contributed by atoms with Crippen LogP contribution in [0.5, 0.6) is 11.5 Å². The van der Waals surface area contributed by atoms with Gasteiger partial charge in [0.25, 0.3) is 21.8 Å². The second-order valence-corrected chi connectivity index (χ2v) is 16.2. The molecule has 14 heteroatoms. The van der Waals surface area contributed by atoms with Gasteiger partial charge in [0.2, 0.25) is 11.8 Å². The molecule has 13 nitrogen and oxygen atoms in total. The molecule has 292 valence electrons. The molecule has 1 saturated heterocycles. The highest BCUT2D eigenvalue weighted by atomic mass is 32.2. The number of sulfonamides is 1. The molecule has 0 radical (unpaired) electrons. The van der Waals surface area contributed by atoms with Crippen LogP contribution in [0, 0.1) is 5.92 Å². The van der Waals surface area contributed by atoms with Gasteiger partial charge in [-0.15, -0.1) is 0 Å². The minimum absolute atomic E-state index is 0.106. The Balaban J connectivity index is 1.14. The molecule has 1 aliphatic carbocycles. The molecule has 0 unspecified atom stereocenters. The molecule has 3 N–H and O–H groups in total. The van der Waals surface area contributed by atoms with Gasteiger partial charge < -0.3 is 25.0 Å². The number of carbonyl (C=O) groups excluding carboxylic acids is 4. The zero-order chi connectivity index (χ0) is 39.5. The number of pyridine rings is 1. The standard InChI is InChI=1S/C42H45N5O8S/c1-27(48)47-26-32(55-38-24-35(28-13-8-7-9-14-28)44-36-22-31(54-2)18-19-34(36)38)23-37(47)40(50)45-42-25-30(42)16-10-5-3-4-6-11-20-43-39(49)29-15-12-17-33(21-29)56(52,53)46-41(42)51/h7-10,12-19,21-22,24,30,32,37H,3-6,11,20,23,25-26H2,1-2H3,(H,43,49)(H,45,50)(H,46,51)/b16-10+/t30-,32+,37-,42+/m0/s1. The monoisotopic (exact) mass is 779 g/mol. The molecular formula is C42H45N5O8S. The lowest BCUT2D eigenvalue weighted by Crippen LogP contribution is -2.56. The quantitative estimate of drug-likeness (QED) is 0.230. The van der Waals surface area contributed by atoms with Gasteiger partial charge >= 0.3 is 0 Å². The summed E-state index contributed by atoms with van der Waals surface area (Å²) in [6.45, 7) is 1.94. The summed E-state index contributed by atoms with van der Waals surface area (Å²) in [5.41, 5.74) is 0.765. The van der Waals surface area contributed by atoms with Gasteiger partial charge in [-0.05, 0) is 56.0 Å². The van der Waals surface area contributed by atoms with Crippen molar-refractivity contribution in [3.05, 3.63) is 96.6 Å². The molecule has 56 heavy (non-hydrogen) atoms. The van der Waals surface area contributed by atoms with Gasteiger partial charge in [0.05, 0.1) is 29.8 Å². The normalized spacial score (nSPS) is 24.4. The van der Waals surface area contributed by atoms with Gasteiger partial charge in [0.1, 0.15) is 29.2 Å². The number of nitrogens with one attached hydrogen (secondary N) is 3. The molecule has 2 bridgehead atoms. The summed E-state index contributed by atoms with van der Waals surface area (Å²) in [4.78, 5) is 60.0. The minimum atomic E-state index is -4.44. The number of allylic oxidation sites excluding steroid dienone is 1. The van der Waals surface area contributed by atoms with Gasteiger partial charge in [-0.3, -0.25) is 19.2 Å².